The average molecular weight is 423 g/mol. The van der Waals surface area contributed by atoms with Crippen LogP contribution in [0.25, 0.3) is 0 Å². The molecule has 0 saturated carbocycles. The molecule has 28 heavy (non-hydrogen) atoms. The van der Waals surface area contributed by atoms with Gasteiger partial charge in [-0.2, -0.15) is 4.31 Å². The number of benzene rings is 2. The highest BCUT2D eigenvalue weighted by Gasteiger charge is 2.37. The van der Waals surface area contributed by atoms with Gasteiger partial charge in [0.1, 0.15) is 0 Å². The Labute approximate surface area is 170 Å². The Morgan fingerprint density at radius 2 is 1.93 bits per heavy atom. The molecule has 1 aliphatic heterocycles. The first kappa shape index (κ1) is 20.8. The summed E-state index contributed by atoms with van der Waals surface area (Å²) in [5, 5.41) is 3.25. The van der Waals surface area contributed by atoms with Gasteiger partial charge in [0.05, 0.1) is 17.5 Å². The number of hydrogen-bond acceptors (Lipinski definition) is 4. The van der Waals surface area contributed by atoms with E-state index in [2.05, 4.69) is 5.32 Å². The van der Waals surface area contributed by atoms with E-state index in [4.69, 9.17) is 16.3 Å². The first-order valence-corrected chi connectivity index (χ1v) is 10.9. The number of amides is 1. The molecule has 0 spiro atoms. The molecule has 0 saturated heterocycles. The minimum Gasteiger partial charge on any atom is -0.383 e. The highest BCUT2D eigenvalue weighted by atomic mass is 35.5. The first-order chi connectivity index (χ1) is 13.4. The van der Waals surface area contributed by atoms with Crippen LogP contribution in [0.3, 0.4) is 0 Å². The molecule has 2 aromatic carbocycles. The normalized spacial score (nSPS) is 17.1. The van der Waals surface area contributed by atoms with Gasteiger partial charge < -0.3 is 10.1 Å². The second-order valence-electron chi connectivity index (χ2n) is 6.58. The van der Waals surface area contributed by atoms with Crippen molar-refractivity contribution in [1.29, 1.82) is 0 Å². The molecule has 0 aliphatic carbocycles. The molecule has 1 atom stereocenters. The van der Waals surface area contributed by atoms with E-state index in [0.29, 0.717) is 31.1 Å². The number of carbonyl (C=O) groups is 1. The standard InChI is InChI=1S/C20H23ClN2O4S/c1-27-13-11-22-20(24)14-19-18-5-3-2-4-15(18)10-12-23(19)28(25,26)17-8-6-16(21)7-9-17/h2-9,19H,10-14H2,1H3,(H,22,24). The van der Waals surface area contributed by atoms with E-state index in [0.717, 1.165) is 11.1 Å². The predicted molar refractivity (Wildman–Crippen MR) is 108 cm³/mol. The number of methoxy groups -OCH3 is 1. The zero-order valence-corrected chi connectivity index (χ0v) is 17.2. The van der Waals surface area contributed by atoms with Gasteiger partial charge in [-0.25, -0.2) is 8.42 Å². The molecule has 0 radical (unpaired) electrons. The fraction of sp³-hybridized carbons (Fsp3) is 0.350. The lowest BCUT2D eigenvalue weighted by Crippen LogP contribution is -2.42. The number of halogens is 1. The molecule has 1 amide bonds. The second kappa shape index (κ2) is 9.05. The van der Waals surface area contributed by atoms with E-state index < -0.39 is 16.1 Å². The maximum Gasteiger partial charge on any atom is 0.243 e. The molecule has 1 aliphatic rings. The molecule has 150 valence electrons. The SMILES string of the molecule is COCCNC(=O)CC1c2ccccc2CCN1S(=O)(=O)c1ccc(Cl)cc1. The summed E-state index contributed by atoms with van der Waals surface area (Å²) in [6.45, 7) is 1.10. The van der Waals surface area contributed by atoms with E-state index in [-0.39, 0.29) is 17.2 Å². The molecule has 6 nitrogen and oxygen atoms in total. The van der Waals surface area contributed by atoms with Crippen LogP contribution in [0.1, 0.15) is 23.6 Å². The Morgan fingerprint density at radius 3 is 2.64 bits per heavy atom. The lowest BCUT2D eigenvalue weighted by atomic mass is 9.92. The van der Waals surface area contributed by atoms with Crippen molar-refractivity contribution in [3.05, 3.63) is 64.7 Å². The number of sulfonamides is 1. The quantitative estimate of drug-likeness (QED) is 0.696. The Kier molecular flexibility index (Phi) is 6.72. The number of fused-ring (bicyclic) bond motifs is 1. The minimum atomic E-state index is -3.77. The summed E-state index contributed by atoms with van der Waals surface area (Å²) in [7, 11) is -2.21. The molecular weight excluding hydrogens is 400 g/mol. The number of ether oxygens (including phenoxy) is 1. The highest BCUT2D eigenvalue weighted by molar-refractivity contribution is 7.89. The van der Waals surface area contributed by atoms with Crippen molar-refractivity contribution >= 4 is 27.5 Å². The Hall–Kier alpha value is -1.93. The number of nitrogens with zero attached hydrogens (tertiary/aromatic N) is 1. The van der Waals surface area contributed by atoms with Gasteiger partial charge >= 0.3 is 0 Å². The summed E-state index contributed by atoms with van der Waals surface area (Å²) < 4.78 is 33.0. The maximum atomic E-state index is 13.3. The smallest absolute Gasteiger partial charge is 0.243 e. The summed E-state index contributed by atoms with van der Waals surface area (Å²) in [6, 6.07) is 13.2. The van der Waals surface area contributed by atoms with Crippen molar-refractivity contribution in [2.24, 2.45) is 0 Å². The summed E-state index contributed by atoms with van der Waals surface area (Å²) >= 11 is 5.90. The van der Waals surface area contributed by atoms with Gasteiger partial charge in [0.2, 0.25) is 15.9 Å². The van der Waals surface area contributed by atoms with Crippen molar-refractivity contribution in [2.45, 2.75) is 23.8 Å². The fourth-order valence-corrected chi connectivity index (χ4v) is 5.14. The van der Waals surface area contributed by atoms with Crippen LogP contribution in [-0.2, 0) is 26.0 Å². The number of hydrogen-bond donors (Lipinski definition) is 1. The summed E-state index contributed by atoms with van der Waals surface area (Å²) in [5.41, 5.74) is 1.94. The first-order valence-electron chi connectivity index (χ1n) is 9.04. The van der Waals surface area contributed by atoms with Crippen LogP contribution in [0.5, 0.6) is 0 Å². The number of nitrogens with one attached hydrogen (secondary N) is 1. The molecular formula is C20H23ClN2O4S. The van der Waals surface area contributed by atoms with Crippen molar-refractivity contribution in [1.82, 2.24) is 9.62 Å². The molecule has 1 unspecified atom stereocenters. The van der Waals surface area contributed by atoms with Gasteiger partial charge in [-0.15, -0.1) is 0 Å². The van der Waals surface area contributed by atoms with Crippen LogP contribution >= 0.6 is 11.6 Å². The Balaban J connectivity index is 1.92. The monoisotopic (exact) mass is 422 g/mol. The number of carbonyl (C=O) groups excluding carboxylic acids is 1. The van der Waals surface area contributed by atoms with Crippen LogP contribution in [0.4, 0.5) is 0 Å². The molecule has 1 heterocycles. The largest absolute Gasteiger partial charge is 0.383 e. The molecule has 0 bridgehead atoms. The van der Waals surface area contributed by atoms with Crippen LogP contribution in [0.2, 0.25) is 5.02 Å². The van der Waals surface area contributed by atoms with E-state index in [1.165, 1.54) is 16.4 Å². The Bertz CT molecular complexity index is 931. The summed E-state index contributed by atoms with van der Waals surface area (Å²) in [6.07, 6.45) is 0.651. The van der Waals surface area contributed by atoms with Gasteiger partial charge in [0.25, 0.3) is 0 Å². The van der Waals surface area contributed by atoms with Gasteiger partial charge in [0.15, 0.2) is 0 Å². The van der Waals surface area contributed by atoms with Crippen LogP contribution in [0, 0.1) is 0 Å². The van der Waals surface area contributed by atoms with Gasteiger partial charge in [-0.3, -0.25) is 4.79 Å². The second-order valence-corrected chi connectivity index (χ2v) is 8.91. The molecule has 0 fully saturated rings. The van der Waals surface area contributed by atoms with Crippen molar-refractivity contribution in [3.8, 4) is 0 Å². The third kappa shape index (κ3) is 4.55. The minimum absolute atomic E-state index is 0.0492. The van der Waals surface area contributed by atoms with Gasteiger partial charge in [-0.05, 0) is 41.8 Å². The van der Waals surface area contributed by atoms with Gasteiger partial charge in [0, 0.05) is 31.6 Å². The zero-order chi connectivity index (χ0) is 20.1. The van der Waals surface area contributed by atoms with Crippen molar-refractivity contribution < 1.29 is 17.9 Å². The predicted octanol–water partition coefficient (Wildman–Crippen LogP) is 2.78. The van der Waals surface area contributed by atoms with E-state index in [1.54, 1.807) is 19.2 Å². The van der Waals surface area contributed by atoms with Gasteiger partial charge in [-0.1, -0.05) is 35.9 Å². The molecule has 0 aromatic heterocycles. The molecule has 8 heteroatoms. The van der Waals surface area contributed by atoms with Crippen molar-refractivity contribution in [2.75, 3.05) is 26.8 Å². The third-order valence-electron chi connectivity index (χ3n) is 4.79. The van der Waals surface area contributed by atoms with Crippen LogP contribution in [-0.4, -0.2) is 45.4 Å². The molecule has 1 N–H and O–H groups in total. The lowest BCUT2D eigenvalue weighted by Gasteiger charge is -2.36. The van der Waals surface area contributed by atoms with E-state index >= 15 is 0 Å². The van der Waals surface area contributed by atoms with E-state index in [9.17, 15) is 13.2 Å². The molecule has 3 rings (SSSR count). The van der Waals surface area contributed by atoms with Crippen LogP contribution in [0.15, 0.2) is 53.4 Å². The third-order valence-corrected chi connectivity index (χ3v) is 6.96. The maximum absolute atomic E-state index is 13.3. The average Bonchev–Trinajstić information content (AvgIpc) is 2.68. The lowest BCUT2D eigenvalue weighted by molar-refractivity contribution is -0.122. The van der Waals surface area contributed by atoms with Crippen LogP contribution < -0.4 is 5.32 Å². The summed E-state index contributed by atoms with van der Waals surface area (Å²) in [4.78, 5) is 12.6. The van der Waals surface area contributed by atoms with Crippen molar-refractivity contribution in [3.63, 3.8) is 0 Å². The number of rotatable bonds is 7. The highest BCUT2D eigenvalue weighted by Crippen LogP contribution is 2.36. The van der Waals surface area contributed by atoms with E-state index in [1.807, 2.05) is 24.3 Å². The molecule has 2 aromatic rings. The zero-order valence-electron chi connectivity index (χ0n) is 15.6. The fourth-order valence-electron chi connectivity index (χ4n) is 3.41. The Morgan fingerprint density at radius 1 is 1.21 bits per heavy atom. The summed E-state index contributed by atoms with van der Waals surface area (Å²) in [5.74, 6) is -0.213. The topological polar surface area (TPSA) is 75.7 Å².